The number of hydrogen-bond acceptors (Lipinski definition) is 8. The number of hydrogen-bond donors (Lipinski definition) is 0. The third kappa shape index (κ3) is 4.24. The van der Waals surface area contributed by atoms with Gasteiger partial charge in [0.1, 0.15) is 12.1 Å². The number of benzene rings is 4. The molecule has 0 spiro atoms. The second-order valence-electron chi connectivity index (χ2n) is 12.0. The second kappa shape index (κ2) is 10.9. The Balaban J connectivity index is 1.22. The van der Waals surface area contributed by atoms with Crippen LogP contribution in [0.15, 0.2) is 59.7 Å². The summed E-state index contributed by atoms with van der Waals surface area (Å²) in [5.41, 5.74) is 2.61. The maximum Gasteiger partial charge on any atom is 0.197 e. The molecule has 0 aliphatic heterocycles. The van der Waals surface area contributed by atoms with Gasteiger partial charge < -0.3 is 0 Å². The molecule has 0 saturated carbocycles. The Morgan fingerprint density at radius 3 is 1.26 bits per heavy atom. The number of Topliss-reactive ketones (excluding diaryl/α,β-unsaturated/α-hetero) is 4. The van der Waals surface area contributed by atoms with E-state index < -0.39 is 23.1 Å². The molecule has 2 aliphatic carbocycles. The summed E-state index contributed by atoms with van der Waals surface area (Å²) in [5.74, 6) is -1.91. The van der Waals surface area contributed by atoms with Crippen LogP contribution in [0.5, 0.6) is 0 Å². The minimum absolute atomic E-state index is 0.00747. The highest BCUT2D eigenvalue weighted by Gasteiger charge is 2.35. The van der Waals surface area contributed by atoms with Crippen LogP contribution in [-0.2, 0) is 0 Å². The first-order chi connectivity index (χ1) is 24.1. The van der Waals surface area contributed by atoms with E-state index in [1.807, 2.05) is 38.1 Å². The average molecular weight is 681 g/mol. The lowest BCUT2D eigenvalue weighted by atomic mass is 9.99. The molecule has 2 aromatic heterocycles. The highest BCUT2D eigenvalue weighted by atomic mass is 32.1. The number of carbonyl (C=O) groups excluding carboxylic acids is 4. The Kier molecular flexibility index (Phi) is 6.62. The van der Waals surface area contributed by atoms with Gasteiger partial charge in [-0.3, -0.25) is 28.9 Å². The maximum atomic E-state index is 13.3. The average Bonchev–Trinajstić information content (AvgIpc) is 3.86. The zero-order valence-electron chi connectivity index (χ0n) is 26.0. The van der Waals surface area contributed by atoms with Crippen LogP contribution in [-0.4, -0.2) is 23.1 Å². The van der Waals surface area contributed by atoms with Crippen LogP contribution < -0.4 is 0 Å². The summed E-state index contributed by atoms with van der Waals surface area (Å²) < 4.78 is 1.95. The van der Waals surface area contributed by atoms with Gasteiger partial charge in [-0.2, -0.15) is 10.5 Å². The van der Waals surface area contributed by atoms with Gasteiger partial charge in [0.05, 0.1) is 35.4 Å². The largest absolute Gasteiger partial charge is 0.288 e. The molecular formula is C40H16N4O4S2. The molecule has 2 aliphatic rings. The Labute approximate surface area is 291 Å². The molecule has 8 rings (SSSR count). The number of carbonyl (C=O) groups is 4. The van der Waals surface area contributed by atoms with E-state index in [4.69, 9.17) is 13.1 Å². The van der Waals surface area contributed by atoms with Crippen molar-refractivity contribution in [3.8, 4) is 12.1 Å². The molecule has 6 aromatic rings. The van der Waals surface area contributed by atoms with Crippen molar-refractivity contribution in [2.75, 3.05) is 0 Å². The molecule has 232 valence electrons. The molecular weight excluding hydrogens is 665 g/mol. The van der Waals surface area contributed by atoms with Crippen molar-refractivity contribution in [3.63, 3.8) is 0 Å². The van der Waals surface area contributed by atoms with Gasteiger partial charge in [-0.05, 0) is 84.3 Å². The predicted molar refractivity (Wildman–Crippen MR) is 192 cm³/mol. The van der Waals surface area contributed by atoms with E-state index in [1.54, 1.807) is 12.2 Å². The summed E-state index contributed by atoms with van der Waals surface area (Å²) in [6.07, 6.45) is 3.17. The van der Waals surface area contributed by atoms with Gasteiger partial charge in [0.25, 0.3) is 0 Å². The third-order valence-corrected chi connectivity index (χ3v) is 11.4. The monoisotopic (exact) mass is 680 g/mol. The van der Waals surface area contributed by atoms with Crippen molar-refractivity contribution in [3.05, 3.63) is 137 Å². The van der Waals surface area contributed by atoms with Crippen molar-refractivity contribution in [2.45, 2.75) is 13.8 Å². The van der Waals surface area contributed by atoms with Crippen LogP contribution in [0, 0.1) is 49.7 Å². The first kappa shape index (κ1) is 30.5. The lowest BCUT2D eigenvalue weighted by molar-refractivity contribution is 0.0975. The molecule has 10 heteroatoms. The summed E-state index contributed by atoms with van der Waals surface area (Å²) in [6, 6.07) is 17.2. The van der Waals surface area contributed by atoms with Gasteiger partial charge in [-0.15, -0.1) is 22.7 Å². The molecule has 2 heterocycles. The topological polar surface area (TPSA) is 125 Å². The Bertz CT molecular complexity index is 2650. The number of aryl methyl sites for hydroxylation is 2. The molecule has 0 amide bonds. The molecule has 50 heavy (non-hydrogen) atoms. The zero-order chi connectivity index (χ0) is 35.2. The van der Waals surface area contributed by atoms with Crippen LogP contribution >= 0.6 is 22.7 Å². The van der Waals surface area contributed by atoms with E-state index in [9.17, 15) is 29.7 Å². The number of nitrogens with zero attached hydrogens (tertiary/aromatic N) is 4. The zero-order valence-corrected chi connectivity index (χ0v) is 27.6. The smallest absolute Gasteiger partial charge is 0.197 e. The van der Waals surface area contributed by atoms with Gasteiger partial charge in [-0.1, -0.05) is 12.1 Å². The van der Waals surface area contributed by atoms with E-state index in [0.29, 0.717) is 9.75 Å². The van der Waals surface area contributed by atoms with Crippen molar-refractivity contribution in [2.24, 2.45) is 0 Å². The molecule has 0 N–H and O–H groups in total. The first-order valence-corrected chi connectivity index (χ1v) is 16.6. The van der Waals surface area contributed by atoms with Gasteiger partial charge >= 0.3 is 0 Å². The van der Waals surface area contributed by atoms with E-state index in [-0.39, 0.29) is 55.9 Å². The highest BCUT2D eigenvalue weighted by molar-refractivity contribution is 7.22. The van der Waals surface area contributed by atoms with Crippen molar-refractivity contribution in [1.82, 2.24) is 0 Å². The second-order valence-corrected chi connectivity index (χ2v) is 14.1. The first-order valence-electron chi connectivity index (χ1n) is 15.0. The molecule has 0 fully saturated rings. The summed E-state index contributed by atoms with van der Waals surface area (Å²) >= 11 is 2.91. The fourth-order valence-corrected chi connectivity index (χ4v) is 9.09. The van der Waals surface area contributed by atoms with Gasteiger partial charge in [-0.25, -0.2) is 0 Å². The predicted octanol–water partition coefficient (Wildman–Crippen LogP) is 9.66. The summed E-state index contributed by atoms with van der Waals surface area (Å²) in [4.78, 5) is 61.3. The van der Waals surface area contributed by atoms with E-state index >= 15 is 0 Å². The Morgan fingerprint density at radius 1 is 0.560 bits per heavy atom. The molecule has 8 nitrogen and oxygen atoms in total. The van der Waals surface area contributed by atoms with Crippen molar-refractivity contribution < 1.29 is 19.2 Å². The number of rotatable bonds is 2. The standard InChI is InChI=1S/C40H16N4O4S2/c1-17-5-30-29(39-23(17)9-21(49-39)11-31-35(45)25-7-19(15-41)20(16-42)8-26(25)36(31)46)6-18(2)24-10-22(50-40(24)30)12-32-37(47)27-13-33(43-3)34(44-4)14-28(27)38(32)48/h5-14H,1-2H3. The van der Waals surface area contributed by atoms with Crippen LogP contribution in [0.3, 0.4) is 0 Å². The fourth-order valence-electron chi connectivity index (χ4n) is 6.69. The number of thiophene rings is 2. The summed E-state index contributed by atoms with van der Waals surface area (Å²) in [5, 5.41) is 22.7. The number of nitriles is 2. The lowest BCUT2D eigenvalue weighted by Crippen LogP contribution is -1.99. The van der Waals surface area contributed by atoms with E-state index in [0.717, 1.165) is 42.1 Å². The molecule has 0 unspecified atom stereocenters. The molecule has 0 atom stereocenters. The Morgan fingerprint density at radius 2 is 0.920 bits per heavy atom. The van der Waals surface area contributed by atoms with Crippen LogP contribution in [0.4, 0.5) is 11.4 Å². The van der Waals surface area contributed by atoms with E-state index in [2.05, 4.69) is 21.8 Å². The highest BCUT2D eigenvalue weighted by Crippen LogP contribution is 2.44. The minimum Gasteiger partial charge on any atom is -0.288 e. The molecule has 0 bridgehead atoms. The van der Waals surface area contributed by atoms with Crippen LogP contribution in [0.25, 0.3) is 52.8 Å². The quantitative estimate of drug-likeness (QED) is 0.102. The maximum absolute atomic E-state index is 13.3. The molecule has 0 radical (unpaired) electrons. The van der Waals surface area contributed by atoms with Crippen LogP contribution in [0.1, 0.15) is 73.4 Å². The lowest BCUT2D eigenvalue weighted by Gasteiger charge is -2.07. The van der Waals surface area contributed by atoms with Crippen molar-refractivity contribution >= 4 is 100 Å². The normalized spacial score (nSPS) is 13.4. The number of allylic oxidation sites excluding steroid dienone is 2. The van der Waals surface area contributed by atoms with Crippen molar-refractivity contribution in [1.29, 1.82) is 10.5 Å². The fraction of sp³-hybridized carbons (Fsp3) is 0.0500. The summed E-state index contributed by atoms with van der Waals surface area (Å²) in [6.45, 7) is 18.7. The number of fused-ring (bicyclic) bond motifs is 7. The van der Waals surface area contributed by atoms with Gasteiger partial charge in [0.2, 0.25) is 0 Å². The van der Waals surface area contributed by atoms with Gasteiger partial charge in [0.15, 0.2) is 34.5 Å². The molecule has 4 aromatic carbocycles. The summed E-state index contributed by atoms with van der Waals surface area (Å²) in [7, 11) is 0. The van der Waals surface area contributed by atoms with Crippen LogP contribution in [0.2, 0.25) is 0 Å². The Hall–Kier alpha value is -6.82. The molecule has 0 saturated heterocycles. The SMILES string of the molecule is [C-]#[N+]c1cc2c(cc1[N+]#[C-])C(=O)C(=Cc1cc3c(C)cc4c(cc(C)c5cc(C=C6C(=O)c7cc(C#N)c(C#N)cc7C6=O)sc54)c3s1)C2=O. The van der Waals surface area contributed by atoms with E-state index in [1.165, 1.54) is 46.9 Å². The number of ketones is 4. The third-order valence-electron chi connectivity index (χ3n) is 9.14. The van der Waals surface area contributed by atoms with Gasteiger partial charge in [0, 0.05) is 52.2 Å². The minimum atomic E-state index is -0.483.